The number of aliphatic imine (C=N–C) groups is 1. The van der Waals surface area contributed by atoms with Crippen LogP contribution in [0.3, 0.4) is 0 Å². The maximum atomic E-state index is 5.76. The molecule has 1 aromatic carbocycles. The Bertz CT molecular complexity index is 434. The molecule has 1 heterocycles. The highest BCUT2D eigenvalue weighted by Crippen LogP contribution is 2.29. The van der Waals surface area contributed by atoms with Gasteiger partial charge in [0.05, 0.1) is 6.04 Å². The molecule has 0 fully saturated rings. The number of rotatable bonds is 2. The van der Waals surface area contributed by atoms with Gasteiger partial charge in [-0.3, -0.25) is 0 Å². The van der Waals surface area contributed by atoms with Gasteiger partial charge in [0.1, 0.15) is 6.61 Å². The molecule has 92 valence electrons. The summed E-state index contributed by atoms with van der Waals surface area (Å²) in [6.07, 6.45) is 2.08. The monoisotopic (exact) mass is 249 g/mol. The molecule has 0 bridgehead atoms. The first-order valence-electron chi connectivity index (χ1n) is 5.86. The summed E-state index contributed by atoms with van der Waals surface area (Å²) in [5, 5.41) is 0. The minimum Gasteiger partial charge on any atom is -0.475 e. The maximum absolute atomic E-state index is 5.76. The Balaban J connectivity index is 2.30. The van der Waals surface area contributed by atoms with Crippen LogP contribution in [0, 0.1) is 5.41 Å². The molecule has 0 radical (unpaired) electrons. The SMILES string of the molecule is CSc1ccccc1C1=N[C@H](C(C)(C)C)CO1. The molecule has 17 heavy (non-hydrogen) atoms. The van der Waals surface area contributed by atoms with Crippen molar-refractivity contribution in [2.75, 3.05) is 12.9 Å². The van der Waals surface area contributed by atoms with Crippen LogP contribution in [0.1, 0.15) is 26.3 Å². The van der Waals surface area contributed by atoms with Crippen molar-refractivity contribution in [1.82, 2.24) is 0 Å². The second-order valence-electron chi connectivity index (χ2n) is 5.33. The van der Waals surface area contributed by atoms with Crippen LogP contribution in [-0.4, -0.2) is 24.8 Å². The second kappa shape index (κ2) is 4.73. The van der Waals surface area contributed by atoms with E-state index in [0.717, 1.165) is 11.5 Å². The van der Waals surface area contributed by atoms with Gasteiger partial charge in [0.15, 0.2) is 0 Å². The molecule has 1 aliphatic rings. The summed E-state index contributed by atoms with van der Waals surface area (Å²) >= 11 is 1.73. The van der Waals surface area contributed by atoms with Gasteiger partial charge in [-0.05, 0) is 23.8 Å². The van der Waals surface area contributed by atoms with Crippen molar-refractivity contribution in [3.05, 3.63) is 29.8 Å². The van der Waals surface area contributed by atoms with Gasteiger partial charge in [-0.2, -0.15) is 0 Å². The third-order valence-electron chi connectivity index (χ3n) is 2.99. The lowest BCUT2D eigenvalue weighted by molar-refractivity contribution is 0.235. The quantitative estimate of drug-likeness (QED) is 0.747. The van der Waals surface area contributed by atoms with E-state index in [-0.39, 0.29) is 11.5 Å². The summed E-state index contributed by atoms with van der Waals surface area (Å²) < 4.78 is 5.76. The first-order chi connectivity index (χ1) is 8.02. The smallest absolute Gasteiger partial charge is 0.217 e. The highest BCUT2D eigenvalue weighted by atomic mass is 32.2. The van der Waals surface area contributed by atoms with E-state index >= 15 is 0 Å². The van der Waals surface area contributed by atoms with Crippen molar-refractivity contribution in [1.29, 1.82) is 0 Å². The molecule has 1 aliphatic heterocycles. The molecule has 0 amide bonds. The van der Waals surface area contributed by atoms with Gasteiger partial charge in [-0.15, -0.1) is 11.8 Å². The van der Waals surface area contributed by atoms with Crippen LogP contribution in [0.15, 0.2) is 34.2 Å². The van der Waals surface area contributed by atoms with Gasteiger partial charge in [-0.1, -0.05) is 32.9 Å². The standard InChI is InChI=1S/C14H19NOS/c1-14(2,3)12-9-16-13(15-12)10-7-5-6-8-11(10)17-4/h5-8,12H,9H2,1-4H3/t12-/m0/s1. The van der Waals surface area contributed by atoms with Crippen molar-refractivity contribution in [3.63, 3.8) is 0 Å². The zero-order valence-corrected chi connectivity index (χ0v) is 11.7. The molecule has 0 saturated heterocycles. The lowest BCUT2D eigenvalue weighted by Gasteiger charge is -2.21. The molecule has 2 nitrogen and oxygen atoms in total. The zero-order valence-electron chi connectivity index (χ0n) is 10.9. The molecule has 0 unspecified atom stereocenters. The Kier molecular flexibility index (Phi) is 3.48. The van der Waals surface area contributed by atoms with Crippen molar-refractivity contribution >= 4 is 17.7 Å². The van der Waals surface area contributed by atoms with Crippen molar-refractivity contribution in [2.45, 2.75) is 31.7 Å². The third-order valence-corrected chi connectivity index (χ3v) is 3.78. The van der Waals surface area contributed by atoms with Crippen LogP contribution in [-0.2, 0) is 4.74 Å². The van der Waals surface area contributed by atoms with E-state index in [1.807, 2.05) is 12.1 Å². The van der Waals surface area contributed by atoms with Gasteiger partial charge in [-0.25, -0.2) is 4.99 Å². The molecule has 0 aliphatic carbocycles. The lowest BCUT2D eigenvalue weighted by Crippen LogP contribution is -2.25. The zero-order chi connectivity index (χ0) is 12.5. The minimum absolute atomic E-state index is 0.163. The molecular formula is C14H19NOS. The number of nitrogens with zero attached hydrogens (tertiary/aromatic N) is 1. The topological polar surface area (TPSA) is 21.6 Å². The average Bonchev–Trinajstić information content (AvgIpc) is 2.77. The Morgan fingerprint density at radius 1 is 1.29 bits per heavy atom. The summed E-state index contributed by atoms with van der Waals surface area (Å²) in [6.45, 7) is 7.30. The summed E-state index contributed by atoms with van der Waals surface area (Å²) in [5.74, 6) is 0.801. The van der Waals surface area contributed by atoms with E-state index in [1.54, 1.807) is 11.8 Å². The number of hydrogen-bond acceptors (Lipinski definition) is 3. The number of thioether (sulfide) groups is 1. The molecule has 1 atom stereocenters. The molecule has 0 spiro atoms. The van der Waals surface area contributed by atoms with Crippen LogP contribution in [0.5, 0.6) is 0 Å². The molecule has 0 saturated carbocycles. The van der Waals surface area contributed by atoms with E-state index in [9.17, 15) is 0 Å². The van der Waals surface area contributed by atoms with Crippen LogP contribution in [0.2, 0.25) is 0 Å². The van der Waals surface area contributed by atoms with E-state index in [0.29, 0.717) is 6.61 Å². The van der Waals surface area contributed by atoms with E-state index < -0.39 is 0 Å². The Morgan fingerprint density at radius 2 is 2.00 bits per heavy atom. The van der Waals surface area contributed by atoms with Gasteiger partial charge < -0.3 is 4.74 Å². The van der Waals surface area contributed by atoms with Crippen molar-refractivity contribution in [2.24, 2.45) is 10.4 Å². The highest BCUT2D eigenvalue weighted by molar-refractivity contribution is 7.98. The Labute approximate surface area is 107 Å². The van der Waals surface area contributed by atoms with Crippen LogP contribution < -0.4 is 0 Å². The normalized spacial score (nSPS) is 20.0. The molecular weight excluding hydrogens is 230 g/mol. The van der Waals surface area contributed by atoms with Gasteiger partial charge in [0.2, 0.25) is 5.90 Å². The summed E-state index contributed by atoms with van der Waals surface area (Å²) in [5.41, 5.74) is 1.28. The number of hydrogen-bond donors (Lipinski definition) is 0. The van der Waals surface area contributed by atoms with Crippen molar-refractivity contribution < 1.29 is 4.74 Å². The fraction of sp³-hybridized carbons (Fsp3) is 0.500. The molecule has 0 aromatic heterocycles. The van der Waals surface area contributed by atoms with Gasteiger partial charge >= 0.3 is 0 Å². The molecule has 1 aromatic rings. The number of benzene rings is 1. The van der Waals surface area contributed by atoms with Crippen LogP contribution >= 0.6 is 11.8 Å². The number of ether oxygens (including phenoxy) is 1. The van der Waals surface area contributed by atoms with Crippen LogP contribution in [0.4, 0.5) is 0 Å². The second-order valence-corrected chi connectivity index (χ2v) is 6.18. The maximum Gasteiger partial charge on any atom is 0.217 e. The fourth-order valence-electron chi connectivity index (χ4n) is 1.79. The Morgan fingerprint density at radius 3 is 2.59 bits per heavy atom. The molecule has 2 rings (SSSR count). The predicted octanol–water partition coefficient (Wildman–Crippen LogP) is 3.60. The minimum atomic E-state index is 0.163. The van der Waals surface area contributed by atoms with E-state index in [2.05, 4.69) is 39.2 Å². The Hall–Kier alpha value is -0.960. The van der Waals surface area contributed by atoms with E-state index in [4.69, 9.17) is 9.73 Å². The van der Waals surface area contributed by atoms with E-state index in [1.165, 1.54) is 4.90 Å². The van der Waals surface area contributed by atoms with Crippen molar-refractivity contribution in [3.8, 4) is 0 Å². The highest BCUT2D eigenvalue weighted by Gasteiger charge is 2.31. The van der Waals surface area contributed by atoms with Crippen LogP contribution in [0.25, 0.3) is 0 Å². The van der Waals surface area contributed by atoms with Gasteiger partial charge in [0.25, 0.3) is 0 Å². The summed E-state index contributed by atoms with van der Waals surface area (Å²) in [6, 6.07) is 8.52. The summed E-state index contributed by atoms with van der Waals surface area (Å²) in [7, 11) is 0. The first kappa shape index (κ1) is 12.5. The largest absolute Gasteiger partial charge is 0.475 e. The summed E-state index contributed by atoms with van der Waals surface area (Å²) in [4.78, 5) is 5.94. The predicted molar refractivity (Wildman–Crippen MR) is 74.0 cm³/mol. The first-order valence-corrected chi connectivity index (χ1v) is 7.09. The average molecular weight is 249 g/mol. The van der Waals surface area contributed by atoms with Gasteiger partial charge in [0, 0.05) is 10.5 Å². The fourth-order valence-corrected chi connectivity index (χ4v) is 2.38. The molecule has 0 N–H and O–H groups in total. The third kappa shape index (κ3) is 2.65. The lowest BCUT2D eigenvalue weighted by atomic mass is 9.88. The molecule has 3 heteroatoms.